The van der Waals surface area contributed by atoms with Crippen molar-refractivity contribution in [1.29, 1.82) is 0 Å². The standard InChI is InChI=1S/C30H23IO3/c1-20(33-28-19-7-6-18-27(28)31)30(32)34-29(25-16-8-12-21-10-2-4-14-23(21)25)26-17-9-13-22-11-3-5-15-24(22)26/h2-20,29H,1H3/t20-/m1/s1. The topological polar surface area (TPSA) is 35.5 Å². The van der Waals surface area contributed by atoms with Crippen LogP contribution in [0.15, 0.2) is 109 Å². The Kier molecular flexibility index (Phi) is 6.50. The SMILES string of the molecule is C[C@@H](Oc1ccccc1I)C(=O)OC(c1cccc2ccccc12)c1cccc2ccccc12. The fourth-order valence-electron chi connectivity index (χ4n) is 4.24. The molecule has 0 saturated carbocycles. The van der Waals surface area contributed by atoms with Gasteiger partial charge in [0.2, 0.25) is 0 Å². The van der Waals surface area contributed by atoms with Crippen LogP contribution in [0.25, 0.3) is 21.5 Å². The Bertz CT molecular complexity index is 1390. The van der Waals surface area contributed by atoms with E-state index < -0.39 is 18.2 Å². The van der Waals surface area contributed by atoms with E-state index in [2.05, 4.69) is 59.0 Å². The Labute approximate surface area is 212 Å². The zero-order valence-electron chi connectivity index (χ0n) is 18.6. The van der Waals surface area contributed by atoms with Gasteiger partial charge in [-0.1, -0.05) is 97.1 Å². The molecule has 168 valence electrons. The molecule has 0 bridgehead atoms. The molecule has 3 nitrogen and oxygen atoms in total. The molecule has 0 aromatic heterocycles. The molecule has 1 atom stereocenters. The summed E-state index contributed by atoms with van der Waals surface area (Å²) in [4.78, 5) is 13.3. The van der Waals surface area contributed by atoms with E-state index in [1.54, 1.807) is 6.92 Å². The molecule has 0 amide bonds. The Morgan fingerprint density at radius 3 is 1.76 bits per heavy atom. The number of benzene rings is 5. The van der Waals surface area contributed by atoms with Gasteiger partial charge in [0, 0.05) is 11.1 Å². The molecule has 0 heterocycles. The summed E-state index contributed by atoms with van der Waals surface area (Å²) in [5.74, 6) is 0.255. The predicted octanol–water partition coefficient (Wildman–Crippen LogP) is 7.70. The van der Waals surface area contributed by atoms with Gasteiger partial charge in [0.15, 0.2) is 12.2 Å². The Hall–Kier alpha value is -3.38. The first-order valence-electron chi connectivity index (χ1n) is 11.2. The number of halogens is 1. The number of fused-ring (bicyclic) bond motifs is 2. The molecule has 0 unspecified atom stereocenters. The lowest BCUT2D eigenvalue weighted by atomic mass is 9.92. The number of carbonyl (C=O) groups is 1. The van der Waals surface area contributed by atoms with Gasteiger partial charge in [0.1, 0.15) is 5.75 Å². The van der Waals surface area contributed by atoms with Crippen LogP contribution < -0.4 is 4.74 Å². The Balaban J connectivity index is 1.57. The number of rotatable bonds is 6. The maximum absolute atomic E-state index is 13.3. The lowest BCUT2D eigenvalue weighted by Crippen LogP contribution is -2.28. The summed E-state index contributed by atoms with van der Waals surface area (Å²) in [5, 5.41) is 4.32. The van der Waals surface area contributed by atoms with Gasteiger partial charge in [-0.3, -0.25) is 0 Å². The van der Waals surface area contributed by atoms with Crippen molar-refractivity contribution in [2.24, 2.45) is 0 Å². The summed E-state index contributed by atoms with van der Waals surface area (Å²) in [6, 6.07) is 36.2. The summed E-state index contributed by atoms with van der Waals surface area (Å²) in [6.07, 6.45) is -1.34. The minimum absolute atomic E-state index is 0.412. The third kappa shape index (κ3) is 4.50. The molecular formula is C30H23IO3. The van der Waals surface area contributed by atoms with E-state index in [-0.39, 0.29) is 0 Å². The fraction of sp³-hybridized carbons (Fsp3) is 0.100. The lowest BCUT2D eigenvalue weighted by molar-refractivity contribution is -0.155. The van der Waals surface area contributed by atoms with E-state index >= 15 is 0 Å². The average molecular weight is 558 g/mol. The van der Waals surface area contributed by atoms with E-state index in [0.29, 0.717) is 5.75 Å². The number of ether oxygens (including phenoxy) is 2. The second-order valence-corrected chi connectivity index (χ2v) is 9.31. The van der Waals surface area contributed by atoms with E-state index in [1.807, 2.05) is 72.8 Å². The van der Waals surface area contributed by atoms with Crippen molar-refractivity contribution in [3.63, 3.8) is 0 Å². The number of hydrogen-bond acceptors (Lipinski definition) is 3. The van der Waals surface area contributed by atoms with Gasteiger partial charge in [0.05, 0.1) is 3.57 Å². The van der Waals surface area contributed by atoms with Gasteiger partial charge >= 0.3 is 5.97 Å². The van der Waals surface area contributed by atoms with E-state index in [1.165, 1.54) is 0 Å². The van der Waals surface area contributed by atoms with Gasteiger partial charge in [-0.25, -0.2) is 4.79 Å². The Morgan fingerprint density at radius 1 is 0.676 bits per heavy atom. The molecule has 0 aliphatic rings. The zero-order valence-corrected chi connectivity index (χ0v) is 20.8. The summed E-state index contributed by atoms with van der Waals surface area (Å²) in [6.45, 7) is 1.73. The first kappa shape index (κ1) is 22.4. The van der Waals surface area contributed by atoms with Gasteiger partial charge in [-0.15, -0.1) is 0 Å². The molecule has 0 radical (unpaired) electrons. The second kappa shape index (κ2) is 9.85. The number of esters is 1. The molecule has 4 heteroatoms. The summed E-state index contributed by atoms with van der Waals surface area (Å²) in [7, 11) is 0. The molecule has 0 aliphatic heterocycles. The molecule has 5 aromatic rings. The van der Waals surface area contributed by atoms with Crippen molar-refractivity contribution >= 4 is 50.1 Å². The van der Waals surface area contributed by atoms with E-state index in [4.69, 9.17) is 9.47 Å². The van der Waals surface area contributed by atoms with Crippen LogP contribution in [0.1, 0.15) is 24.2 Å². The van der Waals surface area contributed by atoms with Crippen LogP contribution in [0, 0.1) is 3.57 Å². The highest BCUT2D eigenvalue weighted by Gasteiger charge is 2.27. The molecule has 34 heavy (non-hydrogen) atoms. The van der Waals surface area contributed by atoms with Gasteiger partial charge < -0.3 is 9.47 Å². The van der Waals surface area contributed by atoms with Gasteiger partial charge in [0.25, 0.3) is 0 Å². The molecule has 0 spiro atoms. The summed E-state index contributed by atoms with van der Waals surface area (Å²) in [5.41, 5.74) is 1.90. The van der Waals surface area contributed by atoms with Crippen LogP contribution in [-0.4, -0.2) is 12.1 Å². The fourth-order valence-corrected chi connectivity index (χ4v) is 4.76. The maximum Gasteiger partial charge on any atom is 0.347 e. The van der Waals surface area contributed by atoms with Crippen LogP contribution in [-0.2, 0) is 9.53 Å². The molecule has 0 N–H and O–H groups in total. The lowest BCUT2D eigenvalue weighted by Gasteiger charge is -2.24. The number of para-hydroxylation sites is 1. The predicted molar refractivity (Wildman–Crippen MR) is 145 cm³/mol. The van der Waals surface area contributed by atoms with Crippen molar-refractivity contribution in [3.05, 3.63) is 124 Å². The largest absolute Gasteiger partial charge is 0.478 e. The highest BCUT2D eigenvalue weighted by atomic mass is 127. The average Bonchev–Trinajstić information content (AvgIpc) is 2.88. The summed E-state index contributed by atoms with van der Waals surface area (Å²) < 4.78 is 13.2. The minimum Gasteiger partial charge on any atom is -0.478 e. The highest BCUT2D eigenvalue weighted by Crippen LogP contribution is 2.36. The Morgan fingerprint density at radius 2 is 1.18 bits per heavy atom. The van der Waals surface area contributed by atoms with Crippen LogP contribution in [0.5, 0.6) is 5.75 Å². The first-order chi connectivity index (χ1) is 16.6. The van der Waals surface area contributed by atoms with E-state index in [0.717, 1.165) is 36.2 Å². The monoisotopic (exact) mass is 558 g/mol. The van der Waals surface area contributed by atoms with Gasteiger partial charge in [-0.05, 0) is 63.2 Å². The van der Waals surface area contributed by atoms with Crippen LogP contribution >= 0.6 is 22.6 Å². The third-order valence-corrected chi connectivity index (χ3v) is 6.81. The smallest absolute Gasteiger partial charge is 0.347 e. The molecule has 0 aliphatic carbocycles. The quantitative estimate of drug-likeness (QED) is 0.158. The molecule has 0 fully saturated rings. The second-order valence-electron chi connectivity index (χ2n) is 8.14. The third-order valence-electron chi connectivity index (χ3n) is 5.92. The van der Waals surface area contributed by atoms with E-state index in [9.17, 15) is 4.79 Å². The minimum atomic E-state index is -0.761. The highest BCUT2D eigenvalue weighted by molar-refractivity contribution is 14.1. The summed E-state index contributed by atoms with van der Waals surface area (Å²) >= 11 is 2.20. The van der Waals surface area contributed by atoms with Crippen molar-refractivity contribution in [1.82, 2.24) is 0 Å². The van der Waals surface area contributed by atoms with Crippen molar-refractivity contribution < 1.29 is 14.3 Å². The van der Waals surface area contributed by atoms with Gasteiger partial charge in [-0.2, -0.15) is 0 Å². The zero-order chi connectivity index (χ0) is 23.5. The van der Waals surface area contributed by atoms with Crippen LogP contribution in [0.3, 0.4) is 0 Å². The molecular weight excluding hydrogens is 535 g/mol. The maximum atomic E-state index is 13.3. The van der Waals surface area contributed by atoms with Crippen LogP contribution in [0.2, 0.25) is 0 Å². The normalized spacial score (nSPS) is 12.1. The van der Waals surface area contributed by atoms with Crippen molar-refractivity contribution in [3.8, 4) is 5.75 Å². The number of hydrogen-bond donors (Lipinski definition) is 0. The first-order valence-corrected chi connectivity index (χ1v) is 12.3. The van der Waals surface area contributed by atoms with Crippen LogP contribution in [0.4, 0.5) is 0 Å². The van der Waals surface area contributed by atoms with Crippen molar-refractivity contribution in [2.75, 3.05) is 0 Å². The van der Waals surface area contributed by atoms with Crippen molar-refractivity contribution in [2.45, 2.75) is 19.1 Å². The molecule has 5 aromatic carbocycles. The molecule has 5 rings (SSSR count). The molecule has 0 saturated heterocycles. The number of carbonyl (C=O) groups excluding carboxylic acids is 1.